The average molecular weight is 426 g/mol. The Bertz CT molecular complexity index is 1020. The normalized spacial score (nSPS) is 16.0. The molecule has 9 heteroatoms. The number of benzene rings is 2. The van der Waals surface area contributed by atoms with Crippen molar-refractivity contribution in [3.8, 4) is 0 Å². The van der Waals surface area contributed by atoms with Crippen LogP contribution in [0.2, 0.25) is 0 Å². The van der Waals surface area contributed by atoms with E-state index in [1.165, 1.54) is 0 Å². The molecule has 1 atom stereocenters. The number of carbonyl (C=O) groups is 1. The van der Waals surface area contributed by atoms with E-state index < -0.39 is 38.9 Å². The van der Waals surface area contributed by atoms with Gasteiger partial charge in [0, 0.05) is 17.8 Å². The van der Waals surface area contributed by atoms with Gasteiger partial charge in [0.2, 0.25) is 10.0 Å². The Morgan fingerprint density at radius 3 is 2.31 bits per heavy atom. The number of hydrogen-bond acceptors (Lipinski definition) is 3. The maximum absolute atomic E-state index is 14.2. The van der Waals surface area contributed by atoms with Crippen molar-refractivity contribution in [2.45, 2.75) is 43.5 Å². The van der Waals surface area contributed by atoms with Gasteiger partial charge in [-0.05, 0) is 56.0 Å². The van der Waals surface area contributed by atoms with Crippen LogP contribution in [0.3, 0.4) is 0 Å². The minimum Gasteiger partial charge on any atom is -0.322 e. The Labute approximate surface area is 167 Å². The minimum atomic E-state index is -3.96. The lowest BCUT2D eigenvalue weighted by molar-refractivity contribution is 0.102. The summed E-state index contributed by atoms with van der Waals surface area (Å²) in [6.45, 7) is 1.79. The average Bonchev–Trinajstić information content (AvgIpc) is 3.19. The highest BCUT2D eigenvalue weighted by Crippen LogP contribution is 2.28. The first-order chi connectivity index (χ1) is 13.7. The second kappa shape index (κ2) is 8.54. The molecule has 1 fully saturated rings. The van der Waals surface area contributed by atoms with Crippen LogP contribution >= 0.6 is 0 Å². The summed E-state index contributed by atoms with van der Waals surface area (Å²) in [5, 5.41) is 2.23. The van der Waals surface area contributed by atoms with Gasteiger partial charge in [-0.3, -0.25) is 4.79 Å². The van der Waals surface area contributed by atoms with Crippen LogP contribution in [0.15, 0.2) is 41.3 Å². The van der Waals surface area contributed by atoms with Gasteiger partial charge in [0.05, 0.1) is 10.5 Å². The minimum absolute atomic E-state index is 0.0884. The predicted octanol–water partition coefficient (Wildman–Crippen LogP) is 4.21. The summed E-state index contributed by atoms with van der Waals surface area (Å²) in [6, 6.07) is 5.27. The highest BCUT2D eigenvalue weighted by Gasteiger charge is 2.27. The molecule has 5 nitrogen and oxygen atoms in total. The van der Waals surface area contributed by atoms with Gasteiger partial charge >= 0.3 is 0 Å². The summed E-state index contributed by atoms with van der Waals surface area (Å²) in [4.78, 5) is 12.1. The largest absolute Gasteiger partial charge is 0.322 e. The standard InChI is InChI=1S/C20H21F3N2O3S/c1-12(13-4-2-3-5-13)25-29(27,28)15-7-9-17(21)16(11-15)20(26)24-14-6-8-18(22)19(23)10-14/h6-13,25H,2-5H2,1H3,(H,24,26). The van der Waals surface area contributed by atoms with Crippen molar-refractivity contribution >= 4 is 21.6 Å². The van der Waals surface area contributed by atoms with Gasteiger partial charge in [0.1, 0.15) is 5.82 Å². The lowest BCUT2D eigenvalue weighted by Crippen LogP contribution is -2.37. The van der Waals surface area contributed by atoms with Crippen LogP contribution in [-0.4, -0.2) is 20.4 Å². The summed E-state index contributed by atoms with van der Waals surface area (Å²) in [5.74, 6) is -3.95. The second-order valence-electron chi connectivity index (χ2n) is 7.18. The molecule has 0 heterocycles. The molecule has 1 aliphatic carbocycles. The van der Waals surface area contributed by atoms with Crippen molar-refractivity contribution in [3.05, 3.63) is 59.4 Å². The molecule has 0 aromatic heterocycles. The summed E-state index contributed by atoms with van der Waals surface area (Å²) in [7, 11) is -3.96. The van der Waals surface area contributed by atoms with E-state index in [-0.39, 0.29) is 22.5 Å². The van der Waals surface area contributed by atoms with Crippen LogP contribution < -0.4 is 10.0 Å². The van der Waals surface area contributed by atoms with Crippen LogP contribution in [0, 0.1) is 23.4 Å². The molecule has 1 aliphatic rings. The Balaban J connectivity index is 1.81. The first-order valence-corrected chi connectivity index (χ1v) is 10.7. The topological polar surface area (TPSA) is 75.3 Å². The van der Waals surface area contributed by atoms with E-state index in [9.17, 15) is 26.4 Å². The summed E-state index contributed by atoms with van der Waals surface area (Å²) < 4.78 is 68.4. The zero-order valence-electron chi connectivity index (χ0n) is 15.7. The highest BCUT2D eigenvalue weighted by molar-refractivity contribution is 7.89. The number of carbonyl (C=O) groups excluding carboxylic acids is 1. The van der Waals surface area contributed by atoms with Crippen LogP contribution in [-0.2, 0) is 10.0 Å². The molecule has 0 radical (unpaired) electrons. The molecule has 0 bridgehead atoms. The van der Waals surface area contributed by atoms with Gasteiger partial charge in [-0.15, -0.1) is 0 Å². The first kappa shape index (κ1) is 21.3. The quantitative estimate of drug-likeness (QED) is 0.727. The smallest absolute Gasteiger partial charge is 0.258 e. The van der Waals surface area contributed by atoms with Crippen molar-refractivity contribution in [2.75, 3.05) is 5.32 Å². The van der Waals surface area contributed by atoms with Crippen molar-refractivity contribution in [3.63, 3.8) is 0 Å². The van der Waals surface area contributed by atoms with Crippen LogP contribution in [0.25, 0.3) is 0 Å². The molecular formula is C20H21F3N2O3S. The van der Waals surface area contributed by atoms with E-state index in [2.05, 4.69) is 10.0 Å². The van der Waals surface area contributed by atoms with E-state index in [1.807, 2.05) is 0 Å². The number of sulfonamides is 1. The Morgan fingerprint density at radius 2 is 1.66 bits per heavy atom. The third kappa shape index (κ3) is 4.97. The SMILES string of the molecule is CC(NS(=O)(=O)c1ccc(F)c(C(=O)Nc2ccc(F)c(F)c2)c1)C1CCCC1. The highest BCUT2D eigenvalue weighted by atomic mass is 32.2. The Morgan fingerprint density at radius 1 is 1.00 bits per heavy atom. The second-order valence-corrected chi connectivity index (χ2v) is 8.89. The van der Waals surface area contributed by atoms with Gasteiger partial charge in [0.15, 0.2) is 11.6 Å². The molecule has 1 amide bonds. The number of nitrogens with one attached hydrogen (secondary N) is 2. The monoisotopic (exact) mass is 426 g/mol. The molecule has 0 saturated heterocycles. The van der Waals surface area contributed by atoms with Crippen LogP contribution in [0.1, 0.15) is 43.0 Å². The fourth-order valence-corrected chi connectivity index (χ4v) is 4.82. The summed E-state index contributed by atoms with van der Waals surface area (Å²) in [5.41, 5.74) is -0.610. The van der Waals surface area contributed by atoms with Crippen molar-refractivity contribution in [1.29, 1.82) is 0 Å². The summed E-state index contributed by atoms with van der Waals surface area (Å²) >= 11 is 0. The molecule has 2 N–H and O–H groups in total. The van der Waals surface area contributed by atoms with Gasteiger partial charge in [-0.2, -0.15) is 0 Å². The van der Waals surface area contributed by atoms with E-state index >= 15 is 0 Å². The van der Waals surface area contributed by atoms with Crippen molar-refractivity contribution < 1.29 is 26.4 Å². The number of amides is 1. The van der Waals surface area contributed by atoms with E-state index in [0.29, 0.717) is 0 Å². The molecule has 1 unspecified atom stereocenters. The molecule has 0 spiro atoms. The zero-order valence-corrected chi connectivity index (χ0v) is 16.5. The molecule has 3 rings (SSSR count). The third-order valence-electron chi connectivity index (χ3n) is 5.12. The Hall–Kier alpha value is -2.39. The molecule has 29 heavy (non-hydrogen) atoms. The number of rotatable bonds is 6. The lowest BCUT2D eigenvalue weighted by Gasteiger charge is -2.20. The summed E-state index contributed by atoms with van der Waals surface area (Å²) in [6.07, 6.45) is 3.99. The maximum Gasteiger partial charge on any atom is 0.258 e. The number of hydrogen-bond donors (Lipinski definition) is 2. The molecule has 0 aliphatic heterocycles. The predicted molar refractivity (Wildman–Crippen MR) is 102 cm³/mol. The molecule has 2 aromatic carbocycles. The number of anilines is 1. The molecule has 156 valence electrons. The first-order valence-electron chi connectivity index (χ1n) is 9.25. The van der Waals surface area contributed by atoms with E-state index in [0.717, 1.165) is 62.1 Å². The van der Waals surface area contributed by atoms with Gasteiger partial charge in [0.25, 0.3) is 5.91 Å². The third-order valence-corrected chi connectivity index (χ3v) is 6.67. The van der Waals surface area contributed by atoms with Gasteiger partial charge in [-0.1, -0.05) is 12.8 Å². The number of halogens is 3. The fraction of sp³-hybridized carbons (Fsp3) is 0.350. The lowest BCUT2D eigenvalue weighted by atomic mass is 10.0. The maximum atomic E-state index is 14.2. The van der Waals surface area contributed by atoms with Crippen molar-refractivity contribution in [1.82, 2.24) is 4.72 Å². The van der Waals surface area contributed by atoms with Crippen LogP contribution in [0.4, 0.5) is 18.9 Å². The zero-order chi connectivity index (χ0) is 21.2. The Kier molecular flexibility index (Phi) is 6.28. The van der Waals surface area contributed by atoms with E-state index in [4.69, 9.17) is 0 Å². The molecule has 2 aromatic rings. The van der Waals surface area contributed by atoms with Crippen LogP contribution in [0.5, 0.6) is 0 Å². The van der Waals surface area contributed by atoms with Crippen molar-refractivity contribution in [2.24, 2.45) is 5.92 Å². The molecule has 1 saturated carbocycles. The fourth-order valence-electron chi connectivity index (χ4n) is 3.48. The van der Waals surface area contributed by atoms with E-state index in [1.54, 1.807) is 6.92 Å². The molecular weight excluding hydrogens is 405 g/mol. The van der Waals surface area contributed by atoms with Gasteiger partial charge < -0.3 is 5.32 Å². The van der Waals surface area contributed by atoms with Gasteiger partial charge in [-0.25, -0.2) is 26.3 Å².